The van der Waals surface area contributed by atoms with Crippen molar-refractivity contribution >= 4 is 32.6 Å². The highest BCUT2D eigenvalue weighted by Crippen LogP contribution is 2.19. The first-order valence-electron chi connectivity index (χ1n) is 7.43. The summed E-state index contributed by atoms with van der Waals surface area (Å²) in [6, 6.07) is 14.6. The normalized spacial score (nSPS) is 12.6. The molecule has 3 heteroatoms. The van der Waals surface area contributed by atoms with E-state index >= 15 is 0 Å². The van der Waals surface area contributed by atoms with Gasteiger partial charge in [0.25, 0.3) is 0 Å². The molecule has 112 valence electrons. The molecule has 0 radical (unpaired) electrons. The highest BCUT2D eigenvalue weighted by molar-refractivity contribution is 9.09. The molecule has 0 bridgehead atoms. The summed E-state index contributed by atoms with van der Waals surface area (Å²) in [5.74, 6) is 0.546. The van der Waals surface area contributed by atoms with Crippen LogP contribution in [0.25, 0.3) is 10.8 Å². The maximum atomic E-state index is 12.3. The molecule has 1 N–H and O–H groups in total. The van der Waals surface area contributed by atoms with E-state index in [1.807, 2.05) is 24.3 Å². The number of carbonyl (C=O) groups is 1. The molecule has 1 unspecified atom stereocenters. The van der Waals surface area contributed by atoms with Crippen LogP contribution in [0.3, 0.4) is 0 Å². The van der Waals surface area contributed by atoms with Gasteiger partial charge in [0.1, 0.15) is 0 Å². The molecular formula is C18H22BrNO. The van der Waals surface area contributed by atoms with Crippen molar-refractivity contribution in [3.8, 4) is 0 Å². The van der Waals surface area contributed by atoms with Crippen molar-refractivity contribution in [1.82, 2.24) is 5.32 Å². The highest BCUT2D eigenvalue weighted by Gasteiger charge is 2.16. The monoisotopic (exact) mass is 347 g/mol. The van der Waals surface area contributed by atoms with E-state index < -0.39 is 0 Å². The fraction of sp³-hybridized carbons (Fsp3) is 0.389. The minimum absolute atomic E-state index is 0.103. The zero-order valence-electron chi connectivity index (χ0n) is 12.6. The molecule has 0 aliphatic carbocycles. The smallest absolute Gasteiger partial charge is 0.224 e. The van der Waals surface area contributed by atoms with Gasteiger partial charge in [-0.2, -0.15) is 0 Å². The van der Waals surface area contributed by atoms with Gasteiger partial charge in [0.05, 0.1) is 6.42 Å². The topological polar surface area (TPSA) is 29.1 Å². The van der Waals surface area contributed by atoms with E-state index in [1.54, 1.807) is 0 Å². The van der Waals surface area contributed by atoms with E-state index in [0.717, 1.165) is 22.7 Å². The molecule has 0 fully saturated rings. The second-order valence-electron chi connectivity index (χ2n) is 5.71. The fourth-order valence-corrected chi connectivity index (χ4v) is 3.06. The number of rotatable bonds is 6. The van der Waals surface area contributed by atoms with Gasteiger partial charge in [-0.1, -0.05) is 72.2 Å². The molecule has 1 atom stereocenters. The SMILES string of the molecule is CC(C)C(CCBr)NC(=O)Cc1cccc2ccccc12. The van der Waals surface area contributed by atoms with Gasteiger partial charge in [-0.15, -0.1) is 0 Å². The molecule has 0 aromatic heterocycles. The lowest BCUT2D eigenvalue weighted by atomic mass is 9.99. The van der Waals surface area contributed by atoms with Crippen LogP contribution in [0.1, 0.15) is 25.8 Å². The molecule has 2 rings (SSSR count). The van der Waals surface area contributed by atoms with E-state index in [4.69, 9.17) is 0 Å². The summed E-state index contributed by atoms with van der Waals surface area (Å²) in [5, 5.41) is 6.42. The molecule has 2 aromatic rings. The molecule has 0 spiro atoms. The average molecular weight is 348 g/mol. The Balaban J connectivity index is 2.11. The predicted molar refractivity (Wildman–Crippen MR) is 92.8 cm³/mol. The summed E-state index contributed by atoms with van der Waals surface area (Å²) >= 11 is 3.46. The first kappa shape index (κ1) is 16.0. The summed E-state index contributed by atoms with van der Waals surface area (Å²) in [4.78, 5) is 12.3. The van der Waals surface area contributed by atoms with Crippen LogP contribution in [0.5, 0.6) is 0 Å². The van der Waals surface area contributed by atoms with E-state index in [1.165, 1.54) is 5.39 Å². The molecule has 0 saturated heterocycles. The van der Waals surface area contributed by atoms with Crippen LogP contribution in [0, 0.1) is 5.92 Å². The molecule has 21 heavy (non-hydrogen) atoms. The zero-order valence-corrected chi connectivity index (χ0v) is 14.2. The molecule has 2 aromatic carbocycles. The second-order valence-corrected chi connectivity index (χ2v) is 6.50. The summed E-state index contributed by atoms with van der Waals surface area (Å²) in [5.41, 5.74) is 1.09. The van der Waals surface area contributed by atoms with Crippen LogP contribution in [-0.4, -0.2) is 17.3 Å². The van der Waals surface area contributed by atoms with Gasteiger partial charge in [-0.25, -0.2) is 0 Å². The van der Waals surface area contributed by atoms with Crippen LogP contribution in [-0.2, 0) is 11.2 Å². The van der Waals surface area contributed by atoms with Crippen molar-refractivity contribution in [2.75, 3.05) is 5.33 Å². The summed E-state index contributed by atoms with van der Waals surface area (Å²) in [7, 11) is 0. The number of amides is 1. The Hall–Kier alpha value is -1.35. The van der Waals surface area contributed by atoms with Crippen molar-refractivity contribution in [2.24, 2.45) is 5.92 Å². The first-order chi connectivity index (χ1) is 10.1. The molecule has 1 amide bonds. The Labute approximate surface area is 135 Å². The number of carbonyl (C=O) groups excluding carboxylic acids is 1. The van der Waals surface area contributed by atoms with Crippen LogP contribution in [0.15, 0.2) is 42.5 Å². The Bertz CT molecular complexity index is 604. The lowest BCUT2D eigenvalue weighted by Crippen LogP contribution is -2.39. The fourth-order valence-electron chi connectivity index (χ4n) is 2.57. The molecule has 0 heterocycles. The third kappa shape index (κ3) is 4.31. The quantitative estimate of drug-likeness (QED) is 0.775. The summed E-state index contributed by atoms with van der Waals surface area (Å²) < 4.78 is 0. The van der Waals surface area contributed by atoms with E-state index in [2.05, 4.69) is 53.3 Å². The number of hydrogen-bond donors (Lipinski definition) is 1. The van der Waals surface area contributed by atoms with Gasteiger partial charge in [-0.05, 0) is 28.7 Å². The van der Waals surface area contributed by atoms with Crippen LogP contribution < -0.4 is 5.32 Å². The number of fused-ring (bicyclic) bond motifs is 1. The highest BCUT2D eigenvalue weighted by atomic mass is 79.9. The summed E-state index contributed by atoms with van der Waals surface area (Å²) in [6.45, 7) is 4.29. The third-order valence-electron chi connectivity index (χ3n) is 3.80. The van der Waals surface area contributed by atoms with Crippen molar-refractivity contribution in [1.29, 1.82) is 0 Å². The van der Waals surface area contributed by atoms with E-state index in [0.29, 0.717) is 12.3 Å². The number of hydrogen-bond acceptors (Lipinski definition) is 1. The van der Waals surface area contributed by atoms with Gasteiger partial charge in [0, 0.05) is 11.4 Å². The summed E-state index contributed by atoms with van der Waals surface area (Å²) in [6.07, 6.45) is 1.39. The van der Waals surface area contributed by atoms with Gasteiger partial charge < -0.3 is 5.32 Å². The van der Waals surface area contributed by atoms with Crippen LogP contribution in [0.4, 0.5) is 0 Å². The van der Waals surface area contributed by atoms with Crippen molar-refractivity contribution in [3.05, 3.63) is 48.0 Å². The Kier molecular flexibility index (Phi) is 5.80. The van der Waals surface area contributed by atoms with Crippen LogP contribution >= 0.6 is 15.9 Å². The van der Waals surface area contributed by atoms with Gasteiger partial charge in [-0.3, -0.25) is 4.79 Å². The largest absolute Gasteiger partial charge is 0.353 e. The number of benzene rings is 2. The van der Waals surface area contributed by atoms with E-state index in [9.17, 15) is 4.79 Å². The lowest BCUT2D eigenvalue weighted by Gasteiger charge is -2.21. The predicted octanol–water partition coefficient (Wildman–Crippen LogP) is 4.31. The van der Waals surface area contributed by atoms with Crippen molar-refractivity contribution < 1.29 is 4.79 Å². The number of alkyl halides is 1. The molecule has 0 saturated carbocycles. The number of halogens is 1. The van der Waals surface area contributed by atoms with Crippen molar-refractivity contribution in [3.63, 3.8) is 0 Å². The molecule has 2 nitrogen and oxygen atoms in total. The van der Waals surface area contributed by atoms with E-state index in [-0.39, 0.29) is 11.9 Å². The first-order valence-corrected chi connectivity index (χ1v) is 8.56. The molecule has 0 aliphatic heterocycles. The Morgan fingerprint density at radius 1 is 1.14 bits per heavy atom. The molecule has 0 aliphatic rings. The lowest BCUT2D eigenvalue weighted by molar-refractivity contribution is -0.121. The minimum atomic E-state index is 0.103. The second kappa shape index (κ2) is 7.60. The van der Waals surface area contributed by atoms with Crippen LogP contribution in [0.2, 0.25) is 0 Å². The number of nitrogens with one attached hydrogen (secondary N) is 1. The zero-order chi connectivity index (χ0) is 15.2. The van der Waals surface area contributed by atoms with Gasteiger partial charge in [0.2, 0.25) is 5.91 Å². The van der Waals surface area contributed by atoms with Gasteiger partial charge in [0.15, 0.2) is 0 Å². The Morgan fingerprint density at radius 2 is 1.86 bits per heavy atom. The standard InChI is InChI=1S/C18H22BrNO/c1-13(2)17(10-11-19)20-18(21)12-15-8-5-7-14-6-3-4-9-16(14)15/h3-9,13,17H,10-12H2,1-2H3,(H,20,21). The minimum Gasteiger partial charge on any atom is -0.353 e. The molecular weight excluding hydrogens is 326 g/mol. The Morgan fingerprint density at radius 3 is 2.57 bits per heavy atom. The van der Waals surface area contributed by atoms with Crippen molar-refractivity contribution in [2.45, 2.75) is 32.7 Å². The maximum absolute atomic E-state index is 12.3. The van der Waals surface area contributed by atoms with Gasteiger partial charge >= 0.3 is 0 Å². The third-order valence-corrected chi connectivity index (χ3v) is 4.26. The average Bonchev–Trinajstić information content (AvgIpc) is 2.47. The maximum Gasteiger partial charge on any atom is 0.224 e.